The number of carbonyl (C=O) groups excluding carboxylic acids is 1. The van der Waals surface area contributed by atoms with Gasteiger partial charge in [-0.3, -0.25) is 0 Å². The number of cyclic esters (lactones) is 1. The highest BCUT2D eigenvalue weighted by molar-refractivity contribution is 5.85. The second-order valence-electron chi connectivity index (χ2n) is 10.8. The fourth-order valence-electron chi connectivity index (χ4n) is 8.37. The Hall–Kier alpha value is -0.910. The van der Waals surface area contributed by atoms with Gasteiger partial charge in [0.2, 0.25) is 0 Å². The molecule has 0 aromatic heterocycles. The summed E-state index contributed by atoms with van der Waals surface area (Å²) >= 11 is 0. The van der Waals surface area contributed by atoms with Gasteiger partial charge >= 0.3 is 5.97 Å². The number of esters is 1. The van der Waals surface area contributed by atoms with Gasteiger partial charge in [-0.15, -0.1) is 0 Å². The van der Waals surface area contributed by atoms with Crippen molar-refractivity contribution >= 4 is 5.97 Å². The van der Waals surface area contributed by atoms with E-state index in [1.165, 1.54) is 0 Å². The number of hydrogen-bond acceptors (Lipinski definition) is 5. The van der Waals surface area contributed by atoms with Crippen LogP contribution in [-0.2, 0) is 9.53 Å². The van der Waals surface area contributed by atoms with Gasteiger partial charge in [0, 0.05) is 11.5 Å². The summed E-state index contributed by atoms with van der Waals surface area (Å²) < 4.78 is 5.16. The first-order valence-corrected chi connectivity index (χ1v) is 11.2. The highest BCUT2D eigenvalue weighted by Gasteiger charge is 2.70. The second-order valence-corrected chi connectivity index (χ2v) is 10.8. The maximum Gasteiger partial charge on any atom is 0.331 e. The first-order valence-electron chi connectivity index (χ1n) is 11.2. The van der Waals surface area contributed by atoms with Crippen LogP contribution in [0, 0.1) is 34.5 Å². The lowest BCUT2D eigenvalue weighted by Gasteiger charge is -2.64. The minimum absolute atomic E-state index is 0.00129. The summed E-state index contributed by atoms with van der Waals surface area (Å²) in [7, 11) is 0. The summed E-state index contributed by atoms with van der Waals surface area (Å²) in [6.45, 7) is 4.69. The Kier molecular flexibility index (Phi) is 4.12. The van der Waals surface area contributed by atoms with Crippen molar-refractivity contribution in [1.29, 1.82) is 0 Å². The van der Waals surface area contributed by atoms with Crippen LogP contribution in [0.2, 0.25) is 0 Å². The van der Waals surface area contributed by atoms with E-state index in [1.807, 2.05) is 6.92 Å². The zero-order valence-electron chi connectivity index (χ0n) is 17.1. The van der Waals surface area contributed by atoms with Crippen molar-refractivity contribution in [2.45, 2.75) is 83.0 Å². The summed E-state index contributed by atoms with van der Waals surface area (Å²) in [5, 5.41) is 33.7. The van der Waals surface area contributed by atoms with E-state index in [-0.39, 0.29) is 29.3 Å². The molecule has 9 atom stereocenters. The van der Waals surface area contributed by atoms with Crippen LogP contribution in [-0.4, -0.2) is 45.7 Å². The van der Waals surface area contributed by atoms with Gasteiger partial charge in [-0.2, -0.15) is 0 Å². The third-order valence-corrected chi connectivity index (χ3v) is 10.0. The van der Waals surface area contributed by atoms with E-state index in [0.717, 1.165) is 44.1 Å². The van der Waals surface area contributed by atoms with E-state index in [4.69, 9.17) is 4.74 Å². The van der Waals surface area contributed by atoms with E-state index >= 15 is 0 Å². The smallest absolute Gasteiger partial charge is 0.331 e. The molecule has 0 unspecified atom stereocenters. The molecule has 5 aliphatic rings. The molecule has 0 amide bonds. The third-order valence-electron chi connectivity index (χ3n) is 10.0. The van der Waals surface area contributed by atoms with Crippen molar-refractivity contribution in [1.82, 2.24) is 0 Å². The summed E-state index contributed by atoms with van der Waals surface area (Å²) in [6, 6.07) is 0. The third kappa shape index (κ3) is 2.27. The van der Waals surface area contributed by atoms with Gasteiger partial charge in [0.15, 0.2) is 0 Å². The predicted octanol–water partition coefficient (Wildman–Crippen LogP) is 2.58. The lowest BCUT2D eigenvalue weighted by Crippen LogP contribution is -2.67. The Morgan fingerprint density at radius 1 is 1.04 bits per heavy atom. The van der Waals surface area contributed by atoms with Crippen molar-refractivity contribution in [3.8, 4) is 0 Å². The second kappa shape index (κ2) is 6.05. The number of ether oxygens (including phenoxy) is 1. The van der Waals surface area contributed by atoms with Crippen molar-refractivity contribution in [3.63, 3.8) is 0 Å². The molecule has 0 aromatic rings. The largest absolute Gasteiger partial charge is 0.458 e. The number of fused-ring (bicyclic) bond motifs is 5. The Balaban J connectivity index is 1.51. The van der Waals surface area contributed by atoms with Gasteiger partial charge in [0.25, 0.3) is 0 Å². The number of carbonyl (C=O) groups is 1. The molecule has 28 heavy (non-hydrogen) atoms. The molecular formula is C23H34O5. The molecule has 4 fully saturated rings. The van der Waals surface area contributed by atoms with E-state index in [1.54, 1.807) is 6.08 Å². The lowest BCUT2D eigenvalue weighted by molar-refractivity contribution is -0.244. The van der Waals surface area contributed by atoms with Crippen LogP contribution in [0.15, 0.2) is 11.6 Å². The number of aliphatic hydroxyl groups is 3. The van der Waals surface area contributed by atoms with E-state index in [9.17, 15) is 20.1 Å². The van der Waals surface area contributed by atoms with E-state index in [2.05, 4.69) is 6.92 Å². The van der Waals surface area contributed by atoms with Gasteiger partial charge < -0.3 is 20.1 Å². The Morgan fingerprint density at radius 3 is 2.54 bits per heavy atom. The van der Waals surface area contributed by atoms with Crippen molar-refractivity contribution < 1.29 is 24.9 Å². The predicted molar refractivity (Wildman–Crippen MR) is 103 cm³/mol. The van der Waals surface area contributed by atoms with Crippen molar-refractivity contribution in [2.75, 3.05) is 6.61 Å². The normalized spacial score (nSPS) is 55.8. The van der Waals surface area contributed by atoms with E-state index < -0.39 is 17.1 Å². The SMILES string of the molecule is C[C@]12CC[C@@H](O)C[C@H]1CC[C@@H]1[C@@H]2C[C@@H](O)[C@]2(C)[C@@H](C3=CC(=O)OC3)CC[C@]12O. The standard InChI is InChI=1S/C23H34O5/c1-21-7-5-15(24)10-14(21)3-4-17-18(21)11-19(25)22(2)16(6-8-23(17,22)27)13-9-20(26)28-12-13/h9,14-19,24-25,27H,3-8,10-12H2,1-2H3/t14-,15-,16-,17-,18+,19-,21+,22+,23+/m1/s1. The molecule has 0 saturated heterocycles. The fourth-order valence-corrected chi connectivity index (χ4v) is 8.37. The quantitative estimate of drug-likeness (QED) is 0.599. The van der Waals surface area contributed by atoms with Crippen LogP contribution in [0.5, 0.6) is 0 Å². The minimum Gasteiger partial charge on any atom is -0.458 e. The summed E-state index contributed by atoms with van der Waals surface area (Å²) in [5.41, 5.74) is -0.507. The summed E-state index contributed by atoms with van der Waals surface area (Å²) in [5.74, 6) is 0.657. The Labute approximate surface area is 167 Å². The number of aliphatic hydroxyl groups excluding tert-OH is 2. The van der Waals surface area contributed by atoms with Crippen molar-refractivity contribution in [3.05, 3.63) is 11.6 Å². The molecule has 3 N–H and O–H groups in total. The molecule has 1 aliphatic heterocycles. The number of hydrogen-bond donors (Lipinski definition) is 3. The van der Waals surface area contributed by atoms with Crippen LogP contribution in [0.25, 0.3) is 0 Å². The molecule has 156 valence electrons. The molecule has 4 saturated carbocycles. The zero-order chi connectivity index (χ0) is 19.9. The molecule has 5 heteroatoms. The highest BCUT2D eigenvalue weighted by atomic mass is 16.5. The topological polar surface area (TPSA) is 87.0 Å². The number of rotatable bonds is 1. The highest BCUT2D eigenvalue weighted by Crippen LogP contribution is 2.69. The fraction of sp³-hybridized carbons (Fsp3) is 0.870. The molecule has 4 aliphatic carbocycles. The van der Waals surface area contributed by atoms with Crippen LogP contribution in [0.1, 0.15) is 65.2 Å². The summed E-state index contributed by atoms with van der Waals surface area (Å²) in [4.78, 5) is 11.6. The first kappa shape index (κ1) is 19.1. The van der Waals surface area contributed by atoms with Gasteiger partial charge in [-0.05, 0) is 86.0 Å². The molecule has 0 aromatic carbocycles. The van der Waals surface area contributed by atoms with Crippen LogP contribution in [0.4, 0.5) is 0 Å². The Morgan fingerprint density at radius 2 is 1.82 bits per heavy atom. The lowest BCUT2D eigenvalue weighted by atomic mass is 9.42. The Bertz CT molecular complexity index is 718. The maximum atomic E-state index is 12.1. The molecular weight excluding hydrogens is 356 g/mol. The van der Waals surface area contributed by atoms with Crippen molar-refractivity contribution in [2.24, 2.45) is 34.5 Å². The maximum absolute atomic E-state index is 12.1. The average molecular weight is 391 g/mol. The molecule has 1 heterocycles. The minimum atomic E-state index is -0.906. The van der Waals surface area contributed by atoms with Crippen LogP contribution < -0.4 is 0 Å². The summed E-state index contributed by atoms with van der Waals surface area (Å²) in [6.07, 6.45) is 7.69. The van der Waals surface area contributed by atoms with Gasteiger partial charge in [-0.25, -0.2) is 4.79 Å². The average Bonchev–Trinajstić information content (AvgIpc) is 3.19. The van der Waals surface area contributed by atoms with Crippen LogP contribution >= 0.6 is 0 Å². The zero-order valence-corrected chi connectivity index (χ0v) is 17.1. The molecule has 0 bridgehead atoms. The van der Waals surface area contributed by atoms with Gasteiger partial charge in [0.1, 0.15) is 6.61 Å². The first-order chi connectivity index (χ1) is 13.2. The van der Waals surface area contributed by atoms with E-state index in [0.29, 0.717) is 31.3 Å². The molecule has 5 nitrogen and oxygen atoms in total. The van der Waals surface area contributed by atoms with Gasteiger partial charge in [0.05, 0.1) is 17.8 Å². The molecule has 0 radical (unpaired) electrons. The van der Waals surface area contributed by atoms with Gasteiger partial charge in [-0.1, -0.05) is 13.8 Å². The monoisotopic (exact) mass is 390 g/mol. The van der Waals surface area contributed by atoms with Crippen LogP contribution in [0.3, 0.4) is 0 Å². The molecule has 0 spiro atoms. The molecule has 5 rings (SSSR count).